The highest BCUT2D eigenvalue weighted by Gasteiger charge is 2.13. The number of thiazole rings is 1. The molecule has 0 saturated heterocycles. The number of amides is 1. The lowest BCUT2D eigenvalue weighted by Crippen LogP contribution is -2.18. The van der Waals surface area contributed by atoms with Gasteiger partial charge in [0, 0.05) is 16.6 Å². The van der Waals surface area contributed by atoms with E-state index in [1.807, 2.05) is 42.8 Å². The maximum absolute atomic E-state index is 12.7. The molecule has 0 fully saturated rings. The van der Waals surface area contributed by atoms with Crippen molar-refractivity contribution in [3.63, 3.8) is 0 Å². The average molecular weight is 394 g/mol. The van der Waals surface area contributed by atoms with Crippen LogP contribution in [0.4, 0.5) is 5.82 Å². The van der Waals surface area contributed by atoms with Crippen molar-refractivity contribution in [1.82, 2.24) is 24.4 Å². The number of fused-ring (bicyclic) bond motifs is 1. The second-order valence-corrected chi connectivity index (χ2v) is 7.39. The minimum absolute atomic E-state index is 0.256. The molecule has 142 valence electrons. The number of hydrogen-bond acceptors (Lipinski definition) is 6. The SMILES string of the molecule is Cc1cc(C)n(Cc2cccc(C(=O)Nc3csc4nc(=O)c(C)nn34)c2)n1. The minimum Gasteiger partial charge on any atom is -0.306 e. The van der Waals surface area contributed by atoms with Gasteiger partial charge in [0.1, 0.15) is 11.5 Å². The second-order valence-electron chi connectivity index (χ2n) is 6.56. The van der Waals surface area contributed by atoms with Crippen LogP contribution in [0.15, 0.2) is 40.5 Å². The Bertz CT molecular complexity index is 1250. The Hall–Kier alpha value is -3.33. The third-order valence-corrected chi connectivity index (χ3v) is 5.12. The van der Waals surface area contributed by atoms with E-state index in [1.54, 1.807) is 18.4 Å². The first-order valence-corrected chi connectivity index (χ1v) is 9.55. The third kappa shape index (κ3) is 3.44. The summed E-state index contributed by atoms with van der Waals surface area (Å²) < 4.78 is 3.38. The van der Waals surface area contributed by atoms with E-state index in [2.05, 4.69) is 20.5 Å². The van der Waals surface area contributed by atoms with Gasteiger partial charge in [0.2, 0.25) is 4.96 Å². The molecule has 9 heteroatoms. The van der Waals surface area contributed by atoms with Gasteiger partial charge in [0.15, 0.2) is 0 Å². The van der Waals surface area contributed by atoms with Crippen LogP contribution in [0.3, 0.4) is 0 Å². The number of benzene rings is 1. The Balaban J connectivity index is 1.58. The summed E-state index contributed by atoms with van der Waals surface area (Å²) in [7, 11) is 0. The Morgan fingerprint density at radius 1 is 1.18 bits per heavy atom. The molecule has 0 aliphatic rings. The highest BCUT2D eigenvalue weighted by atomic mass is 32.1. The Morgan fingerprint density at radius 3 is 2.75 bits per heavy atom. The van der Waals surface area contributed by atoms with Crippen LogP contribution >= 0.6 is 11.3 Å². The molecule has 0 unspecified atom stereocenters. The van der Waals surface area contributed by atoms with Crippen LogP contribution in [0.5, 0.6) is 0 Å². The van der Waals surface area contributed by atoms with Crippen LogP contribution in [0, 0.1) is 20.8 Å². The van der Waals surface area contributed by atoms with Crippen molar-refractivity contribution in [3.8, 4) is 0 Å². The first-order chi connectivity index (χ1) is 13.4. The van der Waals surface area contributed by atoms with Gasteiger partial charge in [0.05, 0.1) is 12.2 Å². The van der Waals surface area contributed by atoms with E-state index in [1.165, 1.54) is 15.9 Å². The maximum Gasteiger partial charge on any atom is 0.295 e. The third-order valence-electron chi connectivity index (χ3n) is 4.31. The van der Waals surface area contributed by atoms with Crippen LogP contribution in [0.1, 0.15) is 33.0 Å². The predicted molar refractivity (Wildman–Crippen MR) is 107 cm³/mol. The maximum atomic E-state index is 12.7. The van der Waals surface area contributed by atoms with E-state index < -0.39 is 0 Å². The zero-order chi connectivity index (χ0) is 19.8. The number of rotatable bonds is 4. The van der Waals surface area contributed by atoms with Gasteiger partial charge in [-0.2, -0.15) is 19.7 Å². The fourth-order valence-electron chi connectivity index (χ4n) is 2.93. The molecule has 1 N–H and O–H groups in total. The lowest BCUT2D eigenvalue weighted by atomic mass is 10.1. The summed E-state index contributed by atoms with van der Waals surface area (Å²) in [6, 6.07) is 9.43. The summed E-state index contributed by atoms with van der Waals surface area (Å²) >= 11 is 1.25. The Morgan fingerprint density at radius 2 is 2.00 bits per heavy atom. The number of carbonyl (C=O) groups excluding carboxylic acids is 1. The number of hydrogen-bond donors (Lipinski definition) is 1. The molecule has 0 atom stereocenters. The molecular formula is C19H18N6O2S. The van der Waals surface area contributed by atoms with Gasteiger partial charge in [-0.05, 0) is 44.5 Å². The molecule has 0 aliphatic carbocycles. The normalized spacial score (nSPS) is 11.1. The van der Waals surface area contributed by atoms with Gasteiger partial charge in [-0.15, -0.1) is 11.3 Å². The number of nitrogens with one attached hydrogen (secondary N) is 1. The first kappa shape index (κ1) is 18.1. The van der Waals surface area contributed by atoms with Gasteiger partial charge in [0.25, 0.3) is 11.5 Å². The highest BCUT2D eigenvalue weighted by molar-refractivity contribution is 7.15. The molecule has 4 rings (SSSR count). The summed E-state index contributed by atoms with van der Waals surface area (Å²) in [5.74, 6) is 0.220. The lowest BCUT2D eigenvalue weighted by Gasteiger charge is -2.08. The molecule has 1 aromatic carbocycles. The number of anilines is 1. The molecule has 0 aliphatic heterocycles. The number of carbonyl (C=O) groups is 1. The van der Waals surface area contributed by atoms with E-state index in [0.717, 1.165) is 17.0 Å². The predicted octanol–water partition coefficient (Wildman–Crippen LogP) is 2.57. The van der Waals surface area contributed by atoms with Gasteiger partial charge in [-0.25, -0.2) is 0 Å². The minimum atomic E-state index is -0.364. The van der Waals surface area contributed by atoms with E-state index in [9.17, 15) is 9.59 Å². The average Bonchev–Trinajstić information content (AvgIpc) is 3.18. The zero-order valence-corrected chi connectivity index (χ0v) is 16.4. The van der Waals surface area contributed by atoms with Gasteiger partial charge >= 0.3 is 0 Å². The Labute approximate surface area is 164 Å². The fourth-order valence-corrected chi connectivity index (χ4v) is 3.68. The number of aryl methyl sites for hydroxylation is 3. The van der Waals surface area contributed by atoms with Gasteiger partial charge in [-0.1, -0.05) is 12.1 Å². The quantitative estimate of drug-likeness (QED) is 0.574. The molecule has 3 heterocycles. The lowest BCUT2D eigenvalue weighted by molar-refractivity contribution is 0.102. The molecule has 0 saturated carbocycles. The fraction of sp³-hybridized carbons (Fsp3) is 0.211. The summed E-state index contributed by atoms with van der Waals surface area (Å²) in [5, 5.41) is 13.2. The van der Waals surface area contributed by atoms with E-state index in [4.69, 9.17) is 0 Å². The molecule has 3 aromatic heterocycles. The van der Waals surface area contributed by atoms with Crippen LogP contribution in [0.25, 0.3) is 4.96 Å². The van der Waals surface area contributed by atoms with Crippen LogP contribution < -0.4 is 10.9 Å². The molecule has 8 nitrogen and oxygen atoms in total. The molecule has 0 bridgehead atoms. The molecule has 0 radical (unpaired) electrons. The second kappa shape index (κ2) is 7.01. The molecule has 28 heavy (non-hydrogen) atoms. The van der Waals surface area contributed by atoms with Crippen molar-refractivity contribution < 1.29 is 4.79 Å². The zero-order valence-electron chi connectivity index (χ0n) is 15.6. The van der Waals surface area contributed by atoms with Crippen molar-refractivity contribution in [2.75, 3.05) is 5.32 Å². The van der Waals surface area contributed by atoms with Crippen LogP contribution in [0.2, 0.25) is 0 Å². The van der Waals surface area contributed by atoms with E-state index in [-0.39, 0.29) is 17.2 Å². The van der Waals surface area contributed by atoms with E-state index >= 15 is 0 Å². The molecule has 0 spiro atoms. The summed E-state index contributed by atoms with van der Waals surface area (Å²) in [5.41, 5.74) is 3.46. The molecular weight excluding hydrogens is 376 g/mol. The van der Waals surface area contributed by atoms with Crippen LogP contribution in [-0.4, -0.2) is 30.3 Å². The van der Waals surface area contributed by atoms with E-state index in [0.29, 0.717) is 22.9 Å². The molecule has 1 amide bonds. The summed E-state index contributed by atoms with van der Waals surface area (Å²) in [4.78, 5) is 28.7. The number of aromatic nitrogens is 5. The van der Waals surface area contributed by atoms with Crippen molar-refractivity contribution in [2.45, 2.75) is 27.3 Å². The van der Waals surface area contributed by atoms with Gasteiger partial charge in [-0.3, -0.25) is 14.3 Å². The van der Waals surface area contributed by atoms with Gasteiger partial charge < -0.3 is 5.32 Å². The monoisotopic (exact) mass is 394 g/mol. The van der Waals surface area contributed by atoms with Crippen molar-refractivity contribution in [3.05, 3.63) is 74.3 Å². The topological polar surface area (TPSA) is 94.2 Å². The van der Waals surface area contributed by atoms with Crippen molar-refractivity contribution in [2.24, 2.45) is 0 Å². The highest BCUT2D eigenvalue weighted by Crippen LogP contribution is 2.18. The Kier molecular flexibility index (Phi) is 4.52. The first-order valence-electron chi connectivity index (χ1n) is 8.67. The smallest absolute Gasteiger partial charge is 0.295 e. The standard InChI is InChI=1S/C19H18N6O2S/c1-11-7-12(2)24(22-11)9-14-5-4-6-15(8-14)18(27)20-16-10-28-19-21-17(26)13(3)23-25(16)19/h4-8,10H,9H2,1-3H3,(H,20,27). The van der Waals surface area contributed by atoms with Crippen molar-refractivity contribution in [1.29, 1.82) is 0 Å². The number of nitrogens with zero attached hydrogens (tertiary/aromatic N) is 5. The molecule has 4 aromatic rings. The summed E-state index contributed by atoms with van der Waals surface area (Å²) in [6.45, 7) is 6.14. The van der Waals surface area contributed by atoms with Crippen LogP contribution in [-0.2, 0) is 6.54 Å². The summed E-state index contributed by atoms with van der Waals surface area (Å²) in [6.07, 6.45) is 0. The largest absolute Gasteiger partial charge is 0.306 e. The van der Waals surface area contributed by atoms with Crippen molar-refractivity contribution >= 4 is 28.0 Å².